The third-order valence-corrected chi connectivity index (χ3v) is 8.01. The van der Waals surface area contributed by atoms with Crippen LogP contribution in [-0.2, 0) is 21.9 Å². The van der Waals surface area contributed by atoms with Crippen LogP contribution in [0.1, 0.15) is 37.2 Å². The van der Waals surface area contributed by atoms with Gasteiger partial charge in [0.25, 0.3) is 5.56 Å². The van der Waals surface area contributed by atoms with Gasteiger partial charge in [0.05, 0.1) is 29.2 Å². The second kappa shape index (κ2) is 8.36. The molecular weight excluding hydrogens is 475 g/mol. The molecule has 3 aromatic rings. The number of benzene rings is 1. The number of hydrogen-bond donors (Lipinski definition) is 3. The van der Waals surface area contributed by atoms with Gasteiger partial charge in [0.15, 0.2) is 5.65 Å². The van der Waals surface area contributed by atoms with E-state index in [0.29, 0.717) is 23.0 Å². The molecule has 2 aliphatic rings. The first-order valence-corrected chi connectivity index (χ1v) is 13.3. The lowest BCUT2D eigenvalue weighted by Gasteiger charge is -2.28. The molecule has 2 unspecified atom stereocenters. The van der Waals surface area contributed by atoms with Gasteiger partial charge in [-0.05, 0) is 42.9 Å². The molecule has 2 atom stereocenters. The molecule has 2 heterocycles. The van der Waals surface area contributed by atoms with E-state index >= 15 is 0 Å². The number of nitrogens with one attached hydrogen (secondary N) is 3. The van der Waals surface area contributed by atoms with Gasteiger partial charge >= 0.3 is 0 Å². The summed E-state index contributed by atoms with van der Waals surface area (Å²) in [6.07, 6.45) is 3.41. The molecule has 5 rings (SSSR count). The summed E-state index contributed by atoms with van der Waals surface area (Å²) in [5.74, 6) is -0.636. The van der Waals surface area contributed by atoms with Gasteiger partial charge < -0.3 is 10.6 Å². The van der Waals surface area contributed by atoms with Crippen molar-refractivity contribution in [2.75, 3.05) is 28.2 Å². The molecule has 2 fully saturated rings. The molecule has 2 saturated carbocycles. The second-order valence-corrected chi connectivity index (χ2v) is 11.4. The smallest absolute Gasteiger partial charge is 0.277 e. The van der Waals surface area contributed by atoms with E-state index in [0.717, 1.165) is 31.1 Å². The molecule has 10 nitrogen and oxygen atoms in total. The highest BCUT2D eigenvalue weighted by atomic mass is 32.2. The van der Waals surface area contributed by atoms with Crippen LogP contribution in [-0.4, -0.2) is 48.6 Å². The van der Waals surface area contributed by atoms with E-state index in [9.17, 15) is 22.4 Å². The summed E-state index contributed by atoms with van der Waals surface area (Å²) in [6, 6.07) is 7.11. The number of anilines is 4. The third-order valence-electron chi connectivity index (χ3n) is 6.82. The summed E-state index contributed by atoms with van der Waals surface area (Å²) in [7, 11) is -0.543. The molecule has 35 heavy (non-hydrogen) atoms. The Morgan fingerprint density at radius 2 is 1.97 bits per heavy atom. The first-order valence-electron chi connectivity index (χ1n) is 11.4. The summed E-state index contributed by atoms with van der Waals surface area (Å²) in [4.78, 5) is 29.4. The number of hydrogen-bond acceptors (Lipinski definition) is 6. The fourth-order valence-electron chi connectivity index (χ4n) is 4.27. The monoisotopic (exact) mass is 502 g/mol. The van der Waals surface area contributed by atoms with Crippen LogP contribution in [0.5, 0.6) is 0 Å². The molecule has 0 spiro atoms. The first kappa shape index (κ1) is 23.3. The normalized spacial score (nSPS) is 19.9. The Balaban J connectivity index is 1.58. The van der Waals surface area contributed by atoms with Gasteiger partial charge in [-0.15, -0.1) is 0 Å². The summed E-state index contributed by atoms with van der Waals surface area (Å²) >= 11 is 0. The number of halogens is 1. The number of pyridine rings is 1. The van der Waals surface area contributed by atoms with Gasteiger partial charge in [-0.3, -0.25) is 23.7 Å². The number of aryl methyl sites for hydroxylation is 1. The highest BCUT2D eigenvalue weighted by molar-refractivity contribution is 7.92. The average Bonchev–Trinajstić information content (AvgIpc) is 3.41. The number of nitrogens with zero attached hydrogens (tertiary/aromatic N) is 3. The van der Waals surface area contributed by atoms with Crippen LogP contribution < -0.4 is 20.5 Å². The van der Waals surface area contributed by atoms with Gasteiger partial charge in [0.2, 0.25) is 15.9 Å². The summed E-state index contributed by atoms with van der Waals surface area (Å²) in [5, 5.41) is 8.89. The molecule has 1 aromatic carbocycles. The predicted molar refractivity (Wildman–Crippen MR) is 133 cm³/mol. The van der Waals surface area contributed by atoms with Crippen molar-refractivity contribution in [1.82, 2.24) is 14.8 Å². The van der Waals surface area contributed by atoms with Crippen molar-refractivity contribution in [2.45, 2.75) is 37.8 Å². The molecule has 2 aromatic heterocycles. The lowest BCUT2D eigenvalue weighted by molar-refractivity contribution is -0.117. The Bertz CT molecular complexity index is 1490. The van der Waals surface area contributed by atoms with E-state index in [2.05, 4.69) is 20.7 Å². The van der Waals surface area contributed by atoms with Crippen molar-refractivity contribution in [3.63, 3.8) is 0 Å². The minimum atomic E-state index is -3.56. The standard InChI is InChI=1S/C23H27FN6O4S/c1-29-23(32)20-17(11-19(26-21(20)28-29)27-22(31)14-10-15(14)24)25-16-8-7-13(12-5-4-6-12)9-18(16)30(2)35(3,33)34/h7-9,11-12,14-15H,4-6,10H2,1-3H3,(H3,25,26,27,28,31). The number of aromatic amines is 1. The zero-order valence-electron chi connectivity index (χ0n) is 19.6. The van der Waals surface area contributed by atoms with E-state index in [-0.39, 0.29) is 28.8 Å². The molecule has 0 bridgehead atoms. The lowest BCUT2D eigenvalue weighted by atomic mass is 9.80. The van der Waals surface area contributed by atoms with Gasteiger partial charge in [-0.2, -0.15) is 0 Å². The number of carbonyl (C=O) groups is 1. The summed E-state index contributed by atoms with van der Waals surface area (Å²) < 4.78 is 40.6. The number of fused-ring (bicyclic) bond motifs is 1. The van der Waals surface area contributed by atoms with Crippen LogP contribution in [0, 0.1) is 5.92 Å². The topological polar surface area (TPSA) is 129 Å². The Labute approximate surface area is 201 Å². The lowest BCUT2D eigenvalue weighted by Crippen LogP contribution is -2.26. The fourth-order valence-corrected chi connectivity index (χ4v) is 4.78. The minimum absolute atomic E-state index is 0.148. The number of amides is 1. The molecule has 0 aliphatic heterocycles. The van der Waals surface area contributed by atoms with E-state index in [1.54, 1.807) is 13.1 Å². The van der Waals surface area contributed by atoms with Gasteiger partial charge in [-0.1, -0.05) is 12.5 Å². The van der Waals surface area contributed by atoms with Crippen molar-refractivity contribution in [2.24, 2.45) is 13.0 Å². The number of alkyl halides is 1. The Morgan fingerprint density at radius 3 is 2.57 bits per heavy atom. The zero-order valence-corrected chi connectivity index (χ0v) is 20.4. The van der Waals surface area contributed by atoms with Gasteiger partial charge in [-0.25, -0.2) is 17.8 Å². The van der Waals surface area contributed by atoms with Crippen LogP contribution in [0.3, 0.4) is 0 Å². The van der Waals surface area contributed by atoms with Crippen LogP contribution in [0.15, 0.2) is 29.1 Å². The first-order chi connectivity index (χ1) is 16.5. The molecule has 1 amide bonds. The third kappa shape index (κ3) is 4.38. The second-order valence-electron chi connectivity index (χ2n) is 9.36. The number of sulfonamides is 1. The maximum absolute atomic E-state index is 13.3. The quantitative estimate of drug-likeness (QED) is 0.456. The van der Waals surface area contributed by atoms with Crippen LogP contribution >= 0.6 is 0 Å². The van der Waals surface area contributed by atoms with Crippen molar-refractivity contribution < 1.29 is 17.6 Å². The van der Waals surface area contributed by atoms with Crippen LogP contribution in [0.25, 0.3) is 11.0 Å². The molecule has 3 N–H and O–H groups in total. The summed E-state index contributed by atoms with van der Waals surface area (Å²) in [6.45, 7) is 0. The fraction of sp³-hybridized carbons (Fsp3) is 0.435. The minimum Gasteiger partial charge on any atom is -0.353 e. The highest BCUT2D eigenvalue weighted by Gasteiger charge is 2.43. The van der Waals surface area contributed by atoms with E-state index in [1.807, 2.05) is 12.1 Å². The van der Waals surface area contributed by atoms with Gasteiger partial charge in [0, 0.05) is 20.2 Å². The maximum Gasteiger partial charge on any atom is 0.277 e. The molecule has 186 valence electrons. The zero-order chi connectivity index (χ0) is 25.1. The summed E-state index contributed by atoms with van der Waals surface area (Å²) in [5.41, 5.74) is 2.19. The van der Waals surface area contributed by atoms with E-state index < -0.39 is 28.0 Å². The molecule has 2 aliphatic carbocycles. The Kier molecular flexibility index (Phi) is 5.58. The number of aromatic nitrogens is 3. The Hall–Kier alpha value is -3.41. The van der Waals surface area contributed by atoms with Crippen molar-refractivity contribution in [3.8, 4) is 0 Å². The average molecular weight is 503 g/mol. The van der Waals surface area contributed by atoms with Crippen LogP contribution in [0.4, 0.5) is 27.3 Å². The van der Waals surface area contributed by atoms with Crippen LogP contribution in [0.2, 0.25) is 0 Å². The predicted octanol–water partition coefficient (Wildman–Crippen LogP) is 2.97. The highest BCUT2D eigenvalue weighted by Crippen LogP contribution is 2.41. The van der Waals surface area contributed by atoms with Crippen molar-refractivity contribution in [3.05, 3.63) is 40.2 Å². The molecular formula is C23H27FN6O4S. The van der Waals surface area contributed by atoms with Crippen molar-refractivity contribution in [1.29, 1.82) is 0 Å². The van der Waals surface area contributed by atoms with E-state index in [4.69, 9.17) is 0 Å². The van der Waals surface area contributed by atoms with Gasteiger partial charge in [0.1, 0.15) is 17.4 Å². The maximum atomic E-state index is 13.3. The number of rotatable bonds is 7. The SMILES string of the molecule is CN(c1cc(C2CCC2)ccc1Nc1cc(NC(=O)C2CC2F)nc2[nH]n(C)c(=O)c12)S(C)(=O)=O. The Morgan fingerprint density at radius 1 is 1.26 bits per heavy atom. The molecule has 12 heteroatoms. The largest absolute Gasteiger partial charge is 0.353 e. The van der Waals surface area contributed by atoms with E-state index in [1.165, 1.54) is 22.1 Å². The molecule has 0 saturated heterocycles. The number of H-pyrrole nitrogens is 1. The number of carbonyl (C=O) groups excluding carboxylic acids is 1. The van der Waals surface area contributed by atoms with Crippen molar-refractivity contribution >= 4 is 49.8 Å². The molecule has 0 radical (unpaired) electrons.